The molecule has 0 unspecified atom stereocenters. The second-order valence-corrected chi connectivity index (χ2v) is 5.70. The van der Waals surface area contributed by atoms with Gasteiger partial charge in [-0.05, 0) is 29.3 Å². The Bertz CT molecular complexity index is 940. The Kier molecular flexibility index (Phi) is 3.43. The summed E-state index contributed by atoms with van der Waals surface area (Å²) in [6.07, 6.45) is 0.793. The van der Waals surface area contributed by atoms with Gasteiger partial charge in [-0.2, -0.15) is 0 Å². The number of halogens is 1. The monoisotopic (exact) mass is 301 g/mol. The lowest BCUT2D eigenvalue weighted by molar-refractivity contribution is 0.630. The molecule has 0 fully saturated rings. The van der Waals surface area contributed by atoms with Gasteiger partial charge in [-0.1, -0.05) is 60.7 Å². The molecule has 2 heteroatoms. The molecule has 23 heavy (non-hydrogen) atoms. The summed E-state index contributed by atoms with van der Waals surface area (Å²) in [6.45, 7) is 0. The Labute approximate surface area is 134 Å². The molecule has 112 valence electrons. The highest BCUT2D eigenvalue weighted by molar-refractivity contribution is 5.97. The molecular formula is C21H16FN. The molecular weight excluding hydrogens is 285 g/mol. The van der Waals surface area contributed by atoms with Crippen LogP contribution in [0.1, 0.15) is 11.3 Å². The van der Waals surface area contributed by atoms with Crippen molar-refractivity contribution in [2.75, 3.05) is 0 Å². The third-order valence-electron chi connectivity index (χ3n) is 4.12. The minimum Gasteiger partial charge on any atom is -0.358 e. The molecule has 1 nitrogen and oxygen atoms in total. The first-order chi connectivity index (χ1) is 11.3. The van der Waals surface area contributed by atoms with E-state index in [4.69, 9.17) is 0 Å². The van der Waals surface area contributed by atoms with Crippen LogP contribution >= 0.6 is 0 Å². The summed E-state index contributed by atoms with van der Waals surface area (Å²) in [6, 6.07) is 25.4. The highest BCUT2D eigenvalue weighted by atomic mass is 19.1. The highest BCUT2D eigenvalue weighted by Gasteiger charge is 2.14. The van der Waals surface area contributed by atoms with E-state index in [1.807, 2.05) is 42.5 Å². The fourth-order valence-corrected chi connectivity index (χ4v) is 3.09. The number of hydrogen-bond donors (Lipinski definition) is 1. The zero-order valence-electron chi connectivity index (χ0n) is 12.6. The van der Waals surface area contributed by atoms with Crippen molar-refractivity contribution in [1.82, 2.24) is 4.98 Å². The van der Waals surface area contributed by atoms with Crippen LogP contribution in [-0.2, 0) is 6.42 Å². The summed E-state index contributed by atoms with van der Waals surface area (Å²) in [5.74, 6) is -0.208. The van der Waals surface area contributed by atoms with Gasteiger partial charge in [0.2, 0.25) is 0 Å². The van der Waals surface area contributed by atoms with Gasteiger partial charge in [-0.25, -0.2) is 4.39 Å². The number of aromatic amines is 1. The van der Waals surface area contributed by atoms with Gasteiger partial charge >= 0.3 is 0 Å². The summed E-state index contributed by atoms with van der Waals surface area (Å²) in [5.41, 5.74) is 5.51. The van der Waals surface area contributed by atoms with E-state index in [1.54, 1.807) is 6.07 Å². The molecule has 3 aromatic carbocycles. The van der Waals surface area contributed by atoms with E-state index in [9.17, 15) is 4.39 Å². The number of benzene rings is 3. The lowest BCUT2D eigenvalue weighted by atomic mass is 9.98. The Hall–Kier alpha value is -2.87. The maximum Gasteiger partial charge on any atom is 0.123 e. The van der Waals surface area contributed by atoms with Crippen molar-refractivity contribution in [3.63, 3.8) is 0 Å². The van der Waals surface area contributed by atoms with Gasteiger partial charge < -0.3 is 4.98 Å². The average Bonchev–Trinajstić information content (AvgIpc) is 2.93. The summed E-state index contributed by atoms with van der Waals surface area (Å²) < 4.78 is 13.8. The smallest absolute Gasteiger partial charge is 0.123 e. The minimum absolute atomic E-state index is 0.208. The number of fused-ring (bicyclic) bond motifs is 1. The summed E-state index contributed by atoms with van der Waals surface area (Å²) in [4.78, 5) is 3.47. The van der Waals surface area contributed by atoms with Gasteiger partial charge in [0.05, 0.1) is 0 Å². The van der Waals surface area contributed by atoms with E-state index in [-0.39, 0.29) is 5.82 Å². The second-order valence-electron chi connectivity index (χ2n) is 5.70. The molecule has 0 radical (unpaired) electrons. The first-order valence-electron chi connectivity index (χ1n) is 7.71. The SMILES string of the molecule is Fc1ccc2[nH]c(Cc3ccccc3)c(-c3ccccc3)c2c1. The van der Waals surface area contributed by atoms with Gasteiger partial charge in [0, 0.05) is 28.6 Å². The molecule has 1 N–H and O–H groups in total. The van der Waals surface area contributed by atoms with Crippen LogP contribution in [0, 0.1) is 5.82 Å². The largest absolute Gasteiger partial charge is 0.358 e. The molecule has 0 spiro atoms. The zero-order chi connectivity index (χ0) is 15.6. The van der Waals surface area contributed by atoms with Crippen molar-refractivity contribution >= 4 is 10.9 Å². The van der Waals surface area contributed by atoms with Crippen LogP contribution in [0.2, 0.25) is 0 Å². The first kappa shape index (κ1) is 13.8. The van der Waals surface area contributed by atoms with Gasteiger partial charge in [0.25, 0.3) is 0 Å². The third-order valence-corrected chi connectivity index (χ3v) is 4.12. The first-order valence-corrected chi connectivity index (χ1v) is 7.71. The van der Waals surface area contributed by atoms with Crippen LogP contribution in [0.5, 0.6) is 0 Å². The lowest BCUT2D eigenvalue weighted by Gasteiger charge is -2.06. The van der Waals surface area contributed by atoms with Crippen molar-refractivity contribution in [3.05, 3.63) is 95.9 Å². The molecule has 1 aromatic heterocycles. The molecule has 0 atom stereocenters. The predicted molar refractivity (Wildman–Crippen MR) is 92.9 cm³/mol. The Balaban J connectivity index is 1.92. The molecule has 0 aliphatic heterocycles. The van der Waals surface area contributed by atoms with Crippen LogP contribution in [0.4, 0.5) is 4.39 Å². The standard InChI is InChI=1S/C21H16FN/c22-17-11-12-19-18(14-17)21(16-9-5-2-6-10-16)20(23-19)13-15-7-3-1-4-8-15/h1-12,14,23H,13H2. The molecule has 1 heterocycles. The number of hydrogen-bond acceptors (Lipinski definition) is 0. The molecule has 0 saturated heterocycles. The second kappa shape index (κ2) is 5.73. The maximum atomic E-state index is 13.8. The molecule has 4 aromatic rings. The van der Waals surface area contributed by atoms with Crippen LogP contribution < -0.4 is 0 Å². The number of rotatable bonds is 3. The quantitative estimate of drug-likeness (QED) is 0.509. The highest BCUT2D eigenvalue weighted by Crippen LogP contribution is 2.34. The van der Waals surface area contributed by atoms with Crippen LogP contribution in [0.15, 0.2) is 78.9 Å². The maximum absolute atomic E-state index is 13.8. The van der Waals surface area contributed by atoms with E-state index in [0.717, 1.165) is 34.1 Å². The van der Waals surface area contributed by atoms with Crippen molar-refractivity contribution < 1.29 is 4.39 Å². The Morgan fingerprint density at radius 3 is 2.22 bits per heavy atom. The van der Waals surface area contributed by atoms with Crippen LogP contribution in [0.3, 0.4) is 0 Å². The van der Waals surface area contributed by atoms with Crippen molar-refractivity contribution in [3.8, 4) is 11.1 Å². The van der Waals surface area contributed by atoms with E-state index >= 15 is 0 Å². The van der Waals surface area contributed by atoms with Crippen molar-refractivity contribution in [1.29, 1.82) is 0 Å². The van der Waals surface area contributed by atoms with E-state index < -0.39 is 0 Å². The predicted octanol–water partition coefficient (Wildman–Crippen LogP) is 5.56. The van der Waals surface area contributed by atoms with Crippen LogP contribution in [-0.4, -0.2) is 4.98 Å². The van der Waals surface area contributed by atoms with Crippen LogP contribution in [0.25, 0.3) is 22.0 Å². The fraction of sp³-hybridized carbons (Fsp3) is 0.0476. The summed E-state index contributed by atoms with van der Waals surface area (Å²) >= 11 is 0. The summed E-state index contributed by atoms with van der Waals surface area (Å²) in [7, 11) is 0. The minimum atomic E-state index is -0.208. The van der Waals surface area contributed by atoms with Gasteiger partial charge in [-0.15, -0.1) is 0 Å². The topological polar surface area (TPSA) is 15.8 Å². The molecule has 0 aliphatic carbocycles. The number of aromatic nitrogens is 1. The Morgan fingerprint density at radius 2 is 1.48 bits per heavy atom. The van der Waals surface area contributed by atoms with Crippen molar-refractivity contribution in [2.24, 2.45) is 0 Å². The average molecular weight is 301 g/mol. The molecule has 0 saturated carbocycles. The normalized spacial score (nSPS) is 11.0. The summed E-state index contributed by atoms with van der Waals surface area (Å²) in [5, 5.41) is 0.933. The zero-order valence-corrected chi connectivity index (χ0v) is 12.6. The molecule has 0 aliphatic rings. The Morgan fingerprint density at radius 1 is 0.783 bits per heavy atom. The molecule has 0 bridgehead atoms. The third kappa shape index (κ3) is 2.64. The molecule has 0 amide bonds. The number of nitrogens with one attached hydrogen (secondary N) is 1. The lowest BCUT2D eigenvalue weighted by Crippen LogP contribution is -1.91. The van der Waals surface area contributed by atoms with Gasteiger partial charge in [0.1, 0.15) is 5.82 Å². The van der Waals surface area contributed by atoms with Gasteiger partial charge in [0.15, 0.2) is 0 Å². The number of H-pyrrole nitrogens is 1. The van der Waals surface area contributed by atoms with E-state index in [1.165, 1.54) is 11.6 Å². The fourth-order valence-electron chi connectivity index (χ4n) is 3.09. The molecule has 4 rings (SSSR count). The van der Waals surface area contributed by atoms with Gasteiger partial charge in [-0.3, -0.25) is 0 Å². The van der Waals surface area contributed by atoms with Crippen molar-refractivity contribution in [2.45, 2.75) is 6.42 Å². The van der Waals surface area contributed by atoms with E-state index in [0.29, 0.717) is 0 Å². The van der Waals surface area contributed by atoms with E-state index in [2.05, 4.69) is 29.2 Å².